The highest BCUT2D eigenvalue weighted by Crippen LogP contribution is 2.27. The molecular formula is C19H20N6O. The van der Waals surface area contributed by atoms with Crippen molar-refractivity contribution in [3.8, 4) is 11.5 Å². The van der Waals surface area contributed by atoms with E-state index in [-0.39, 0.29) is 11.8 Å². The number of likely N-dealkylation sites (tertiary alicyclic amines) is 1. The zero-order valence-electron chi connectivity index (χ0n) is 14.6. The molecule has 0 saturated carbocycles. The van der Waals surface area contributed by atoms with Crippen LogP contribution in [0.3, 0.4) is 0 Å². The minimum Gasteiger partial charge on any atom is -0.339 e. The van der Waals surface area contributed by atoms with Crippen LogP contribution in [0.25, 0.3) is 11.5 Å². The molecule has 2 aromatic heterocycles. The molecule has 0 spiro atoms. The molecule has 7 heteroatoms. The number of nitrogens with zero attached hydrogens (tertiary/aromatic N) is 5. The quantitative estimate of drug-likeness (QED) is 0.786. The molecule has 4 rings (SSSR count). The Balaban J connectivity index is 1.41. The summed E-state index contributed by atoms with van der Waals surface area (Å²) >= 11 is 0. The van der Waals surface area contributed by atoms with Crippen molar-refractivity contribution < 1.29 is 4.79 Å². The Labute approximate surface area is 151 Å². The molecule has 132 valence electrons. The number of benzene rings is 1. The number of amides is 1. The predicted molar refractivity (Wildman–Crippen MR) is 96.5 cm³/mol. The average Bonchev–Trinajstić information content (AvgIpc) is 3.18. The summed E-state index contributed by atoms with van der Waals surface area (Å²) in [6.45, 7) is 3.44. The topological polar surface area (TPSA) is 87.7 Å². The lowest BCUT2D eigenvalue weighted by molar-refractivity contribution is 0.0711. The smallest absolute Gasteiger partial charge is 0.253 e. The van der Waals surface area contributed by atoms with Crippen molar-refractivity contribution in [1.82, 2.24) is 30.0 Å². The van der Waals surface area contributed by atoms with Gasteiger partial charge in [-0.2, -0.15) is 5.10 Å². The SMILES string of the molecule is Cc1cccc(C(=O)N2CCC(c3nc(-c4cnccn4)n[nH]3)CC2)c1. The van der Waals surface area contributed by atoms with E-state index in [0.29, 0.717) is 11.5 Å². The second-order valence-corrected chi connectivity index (χ2v) is 6.57. The summed E-state index contributed by atoms with van der Waals surface area (Å²) in [5, 5.41) is 7.28. The van der Waals surface area contributed by atoms with Crippen molar-refractivity contribution in [3.63, 3.8) is 0 Å². The summed E-state index contributed by atoms with van der Waals surface area (Å²) in [4.78, 5) is 27.4. The molecule has 1 saturated heterocycles. The number of hydrogen-bond donors (Lipinski definition) is 1. The lowest BCUT2D eigenvalue weighted by Crippen LogP contribution is -2.38. The molecule has 1 aromatic carbocycles. The Morgan fingerprint density at radius 3 is 2.81 bits per heavy atom. The van der Waals surface area contributed by atoms with Crippen molar-refractivity contribution in [3.05, 3.63) is 59.8 Å². The molecule has 1 N–H and O–H groups in total. The van der Waals surface area contributed by atoms with Gasteiger partial charge < -0.3 is 4.90 Å². The highest BCUT2D eigenvalue weighted by Gasteiger charge is 2.26. The Morgan fingerprint density at radius 1 is 1.23 bits per heavy atom. The van der Waals surface area contributed by atoms with Crippen LogP contribution in [0.5, 0.6) is 0 Å². The summed E-state index contributed by atoms with van der Waals surface area (Å²) in [7, 11) is 0. The Morgan fingerprint density at radius 2 is 2.08 bits per heavy atom. The summed E-state index contributed by atoms with van der Waals surface area (Å²) in [6, 6.07) is 7.75. The Bertz CT molecular complexity index is 899. The van der Waals surface area contributed by atoms with Crippen LogP contribution in [-0.4, -0.2) is 49.0 Å². The third kappa shape index (κ3) is 3.33. The third-order valence-corrected chi connectivity index (χ3v) is 4.73. The van der Waals surface area contributed by atoms with Gasteiger partial charge >= 0.3 is 0 Å². The number of carbonyl (C=O) groups is 1. The van der Waals surface area contributed by atoms with Crippen LogP contribution in [0.15, 0.2) is 42.9 Å². The normalized spacial score (nSPS) is 15.2. The van der Waals surface area contributed by atoms with Crippen molar-refractivity contribution >= 4 is 5.91 Å². The summed E-state index contributed by atoms with van der Waals surface area (Å²) in [5.74, 6) is 1.79. The van der Waals surface area contributed by atoms with Gasteiger partial charge in [0.05, 0.1) is 6.20 Å². The fourth-order valence-corrected chi connectivity index (χ4v) is 3.30. The van der Waals surface area contributed by atoms with Crippen LogP contribution in [-0.2, 0) is 0 Å². The van der Waals surface area contributed by atoms with Crippen LogP contribution in [0, 0.1) is 6.92 Å². The van der Waals surface area contributed by atoms with E-state index in [0.717, 1.165) is 42.9 Å². The molecule has 26 heavy (non-hydrogen) atoms. The first kappa shape index (κ1) is 16.4. The molecule has 7 nitrogen and oxygen atoms in total. The molecule has 0 atom stereocenters. The van der Waals surface area contributed by atoms with E-state index in [2.05, 4.69) is 25.1 Å². The summed E-state index contributed by atoms with van der Waals surface area (Å²) in [5.41, 5.74) is 2.51. The zero-order valence-corrected chi connectivity index (χ0v) is 14.6. The molecule has 0 unspecified atom stereocenters. The van der Waals surface area contributed by atoms with Crippen molar-refractivity contribution in [2.75, 3.05) is 13.1 Å². The van der Waals surface area contributed by atoms with Gasteiger partial charge in [0, 0.05) is 37.0 Å². The van der Waals surface area contributed by atoms with Crippen LogP contribution < -0.4 is 0 Å². The number of aromatic nitrogens is 5. The minimum atomic E-state index is 0.102. The number of hydrogen-bond acceptors (Lipinski definition) is 5. The average molecular weight is 348 g/mol. The number of aryl methyl sites for hydroxylation is 1. The maximum absolute atomic E-state index is 12.7. The third-order valence-electron chi connectivity index (χ3n) is 4.73. The molecule has 0 bridgehead atoms. The standard InChI is InChI=1S/C19H20N6O/c1-13-3-2-4-15(11-13)19(26)25-9-5-14(6-10-25)17-22-18(24-23-17)16-12-20-7-8-21-16/h2-4,7-8,11-12,14H,5-6,9-10H2,1H3,(H,22,23,24). The summed E-state index contributed by atoms with van der Waals surface area (Å²) < 4.78 is 0. The highest BCUT2D eigenvalue weighted by molar-refractivity contribution is 5.94. The monoisotopic (exact) mass is 348 g/mol. The van der Waals surface area contributed by atoms with Crippen LogP contribution in [0.1, 0.15) is 40.5 Å². The van der Waals surface area contributed by atoms with Gasteiger partial charge in [0.1, 0.15) is 11.5 Å². The molecule has 3 heterocycles. The van der Waals surface area contributed by atoms with Gasteiger partial charge in [-0.05, 0) is 31.9 Å². The predicted octanol–water partition coefficient (Wildman–Crippen LogP) is 2.59. The minimum absolute atomic E-state index is 0.102. The first-order chi connectivity index (χ1) is 12.7. The lowest BCUT2D eigenvalue weighted by Gasteiger charge is -2.31. The van der Waals surface area contributed by atoms with E-state index < -0.39 is 0 Å². The van der Waals surface area contributed by atoms with Crippen molar-refractivity contribution in [1.29, 1.82) is 0 Å². The highest BCUT2D eigenvalue weighted by atomic mass is 16.2. The van der Waals surface area contributed by atoms with Gasteiger partial charge in [0.25, 0.3) is 5.91 Å². The molecule has 3 aromatic rings. The number of piperidine rings is 1. The largest absolute Gasteiger partial charge is 0.339 e. The van der Waals surface area contributed by atoms with E-state index in [1.54, 1.807) is 18.6 Å². The molecule has 1 fully saturated rings. The van der Waals surface area contributed by atoms with E-state index in [1.807, 2.05) is 36.1 Å². The first-order valence-electron chi connectivity index (χ1n) is 8.75. The van der Waals surface area contributed by atoms with Crippen LogP contribution >= 0.6 is 0 Å². The number of rotatable bonds is 3. The van der Waals surface area contributed by atoms with Gasteiger partial charge in [-0.3, -0.25) is 14.9 Å². The van der Waals surface area contributed by atoms with Crippen molar-refractivity contribution in [2.45, 2.75) is 25.7 Å². The summed E-state index contributed by atoms with van der Waals surface area (Å²) in [6.07, 6.45) is 6.63. The van der Waals surface area contributed by atoms with Gasteiger partial charge in [0.2, 0.25) is 5.82 Å². The van der Waals surface area contributed by atoms with Gasteiger partial charge in [0.15, 0.2) is 0 Å². The number of aromatic amines is 1. The second-order valence-electron chi connectivity index (χ2n) is 6.57. The molecule has 1 aliphatic heterocycles. The van der Waals surface area contributed by atoms with E-state index in [9.17, 15) is 4.79 Å². The maximum atomic E-state index is 12.7. The zero-order chi connectivity index (χ0) is 17.9. The van der Waals surface area contributed by atoms with E-state index in [4.69, 9.17) is 0 Å². The van der Waals surface area contributed by atoms with Gasteiger partial charge in [-0.25, -0.2) is 9.97 Å². The molecule has 1 amide bonds. The number of nitrogens with one attached hydrogen (secondary N) is 1. The van der Waals surface area contributed by atoms with Crippen LogP contribution in [0.2, 0.25) is 0 Å². The van der Waals surface area contributed by atoms with Gasteiger partial charge in [-0.1, -0.05) is 17.7 Å². The van der Waals surface area contributed by atoms with E-state index in [1.165, 1.54) is 0 Å². The van der Waals surface area contributed by atoms with Crippen LogP contribution in [0.4, 0.5) is 0 Å². The molecule has 0 aliphatic carbocycles. The Kier molecular flexibility index (Phi) is 4.43. The molecular weight excluding hydrogens is 328 g/mol. The number of H-pyrrole nitrogens is 1. The Hall–Kier alpha value is -3.09. The van der Waals surface area contributed by atoms with E-state index >= 15 is 0 Å². The fraction of sp³-hybridized carbons (Fsp3) is 0.316. The fourth-order valence-electron chi connectivity index (χ4n) is 3.30. The number of carbonyl (C=O) groups excluding carboxylic acids is 1. The molecule has 1 aliphatic rings. The molecule has 0 radical (unpaired) electrons. The first-order valence-corrected chi connectivity index (χ1v) is 8.75. The van der Waals surface area contributed by atoms with Gasteiger partial charge in [-0.15, -0.1) is 0 Å². The maximum Gasteiger partial charge on any atom is 0.253 e. The second kappa shape index (κ2) is 7.03. The van der Waals surface area contributed by atoms with Crippen molar-refractivity contribution in [2.24, 2.45) is 0 Å². The lowest BCUT2D eigenvalue weighted by atomic mass is 9.95.